The molecular formula is C21H23N3O4. The van der Waals surface area contributed by atoms with Crippen LogP contribution in [0.1, 0.15) is 48.2 Å². The van der Waals surface area contributed by atoms with Gasteiger partial charge in [-0.3, -0.25) is 4.79 Å². The number of nitrogens with one attached hydrogen (secondary N) is 2. The zero-order valence-electron chi connectivity index (χ0n) is 15.6. The molecule has 0 radical (unpaired) electrons. The molecule has 1 aromatic carbocycles. The van der Waals surface area contributed by atoms with Crippen LogP contribution in [0.5, 0.6) is 0 Å². The van der Waals surface area contributed by atoms with E-state index in [-0.39, 0.29) is 0 Å². The fraction of sp³-hybridized carbons (Fsp3) is 0.381. The van der Waals surface area contributed by atoms with Crippen LogP contribution in [0, 0.1) is 11.3 Å². The molecule has 0 saturated heterocycles. The lowest BCUT2D eigenvalue weighted by atomic mass is 9.83. The maximum absolute atomic E-state index is 12.4. The molecule has 0 bridgehead atoms. The highest BCUT2D eigenvalue weighted by Crippen LogP contribution is 2.27. The number of hydrogen-bond donors (Lipinski definition) is 2. The molecule has 1 amide bonds. The first-order valence-corrected chi connectivity index (χ1v) is 9.36. The lowest BCUT2D eigenvalue weighted by Gasteiger charge is -2.31. The summed E-state index contributed by atoms with van der Waals surface area (Å²) in [5, 5.41) is 15.3. The molecule has 1 saturated carbocycles. The second-order valence-electron chi connectivity index (χ2n) is 6.86. The molecule has 28 heavy (non-hydrogen) atoms. The van der Waals surface area contributed by atoms with Gasteiger partial charge in [0, 0.05) is 5.69 Å². The van der Waals surface area contributed by atoms with E-state index >= 15 is 0 Å². The van der Waals surface area contributed by atoms with Crippen molar-refractivity contribution in [1.29, 1.82) is 5.26 Å². The Hall–Kier alpha value is -3.27. The molecule has 2 aromatic rings. The average Bonchev–Trinajstić information content (AvgIpc) is 3.25. The summed E-state index contributed by atoms with van der Waals surface area (Å²) in [5.74, 6) is -0.331. The number of para-hydroxylation sites is 1. The molecule has 0 atom stereocenters. The Balaban J connectivity index is 1.56. The van der Waals surface area contributed by atoms with Gasteiger partial charge >= 0.3 is 5.97 Å². The third kappa shape index (κ3) is 4.92. The molecule has 146 valence electrons. The normalized spacial score (nSPS) is 15.2. The molecule has 7 nitrogen and oxygen atoms in total. The minimum atomic E-state index is -0.843. The smallest absolute Gasteiger partial charge is 0.340 e. The number of hydrogen-bond acceptors (Lipinski definition) is 6. The van der Waals surface area contributed by atoms with Crippen molar-refractivity contribution in [3.8, 4) is 6.07 Å². The molecule has 0 unspecified atom stereocenters. The van der Waals surface area contributed by atoms with Crippen LogP contribution in [-0.2, 0) is 16.1 Å². The van der Waals surface area contributed by atoms with Gasteiger partial charge in [-0.1, -0.05) is 31.4 Å². The number of anilines is 1. The Labute approximate surface area is 163 Å². The fourth-order valence-corrected chi connectivity index (χ4v) is 3.34. The molecule has 1 aliphatic carbocycles. The quantitative estimate of drug-likeness (QED) is 0.713. The third-order valence-corrected chi connectivity index (χ3v) is 4.81. The molecular weight excluding hydrogens is 358 g/mol. The predicted molar refractivity (Wildman–Crippen MR) is 102 cm³/mol. The summed E-state index contributed by atoms with van der Waals surface area (Å²) >= 11 is 0. The Morgan fingerprint density at radius 2 is 1.93 bits per heavy atom. The van der Waals surface area contributed by atoms with Crippen LogP contribution in [0.3, 0.4) is 0 Å². The summed E-state index contributed by atoms with van der Waals surface area (Å²) in [6.07, 6.45) is 5.71. The lowest BCUT2D eigenvalue weighted by molar-refractivity contribution is -0.125. The number of rotatable bonds is 7. The number of nitrogens with zero attached hydrogens (tertiary/aromatic N) is 1. The van der Waals surface area contributed by atoms with Crippen LogP contribution >= 0.6 is 0 Å². The zero-order valence-corrected chi connectivity index (χ0v) is 15.6. The van der Waals surface area contributed by atoms with Gasteiger partial charge in [-0.2, -0.15) is 5.26 Å². The zero-order chi connectivity index (χ0) is 19.8. The monoisotopic (exact) mass is 381 g/mol. The minimum absolute atomic E-state index is 0.328. The van der Waals surface area contributed by atoms with Crippen molar-refractivity contribution in [2.24, 2.45) is 0 Å². The van der Waals surface area contributed by atoms with E-state index in [4.69, 9.17) is 9.15 Å². The molecule has 1 fully saturated rings. The topological polar surface area (TPSA) is 104 Å². The molecule has 1 aromatic heterocycles. The second-order valence-corrected chi connectivity index (χ2v) is 6.86. The summed E-state index contributed by atoms with van der Waals surface area (Å²) < 4.78 is 10.4. The Morgan fingerprint density at radius 3 is 2.64 bits per heavy atom. The first kappa shape index (κ1) is 19.5. The van der Waals surface area contributed by atoms with E-state index in [1.807, 2.05) is 6.07 Å². The molecule has 1 aliphatic rings. The maximum atomic E-state index is 12.4. The van der Waals surface area contributed by atoms with Crippen LogP contribution < -0.4 is 10.6 Å². The van der Waals surface area contributed by atoms with Crippen LogP contribution in [0.25, 0.3) is 0 Å². The van der Waals surface area contributed by atoms with Crippen LogP contribution in [0.2, 0.25) is 0 Å². The Kier molecular flexibility index (Phi) is 6.33. The molecule has 3 rings (SSSR count). The van der Waals surface area contributed by atoms with Gasteiger partial charge in [0.15, 0.2) is 6.61 Å². The van der Waals surface area contributed by atoms with Crippen molar-refractivity contribution in [3.05, 3.63) is 54.0 Å². The number of nitriles is 1. The third-order valence-electron chi connectivity index (χ3n) is 4.81. The van der Waals surface area contributed by atoms with Crippen LogP contribution in [0.15, 0.2) is 47.1 Å². The van der Waals surface area contributed by atoms with E-state index in [9.17, 15) is 14.9 Å². The summed E-state index contributed by atoms with van der Waals surface area (Å²) in [7, 11) is 0. The van der Waals surface area contributed by atoms with Gasteiger partial charge in [-0.05, 0) is 37.1 Å². The van der Waals surface area contributed by atoms with Crippen molar-refractivity contribution in [2.75, 3.05) is 11.9 Å². The van der Waals surface area contributed by atoms with Crippen molar-refractivity contribution in [2.45, 2.75) is 44.2 Å². The Bertz CT molecular complexity index is 849. The van der Waals surface area contributed by atoms with Crippen LogP contribution in [0.4, 0.5) is 5.69 Å². The summed E-state index contributed by atoms with van der Waals surface area (Å²) in [6.45, 7) is -0.00273. The first-order chi connectivity index (χ1) is 13.6. The highest BCUT2D eigenvalue weighted by Gasteiger charge is 2.33. The molecule has 0 spiro atoms. The standard InChI is InChI=1S/C21H23N3O4/c22-15-21(10-4-1-5-11-21)24-19(25)14-28-20(26)17-8-2-3-9-18(17)23-13-16-7-6-12-27-16/h2-3,6-9,12,23H,1,4-5,10-11,13-14H2,(H,24,25). The van der Waals surface area contributed by atoms with Crippen molar-refractivity contribution >= 4 is 17.6 Å². The van der Waals surface area contributed by atoms with E-state index in [2.05, 4.69) is 16.7 Å². The van der Waals surface area contributed by atoms with Gasteiger partial charge in [0.2, 0.25) is 0 Å². The molecule has 2 N–H and O–H groups in total. The van der Waals surface area contributed by atoms with E-state index in [0.29, 0.717) is 30.6 Å². The van der Waals surface area contributed by atoms with E-state index in [0.717, 1.165) is 25.0 Å². The summed E-state index contributed by atoms with van der Waals surface area (Å²) in [6, 6.07) is 12.7. The number of amides is 1. The van der Waals surface area contributed by atoms with Gasteiger partial charge in [0.25, 0.3) is 5.91 Å². The van der Waals surface area contributed by atoms with Crippen molar-refractivity contribution in [1.82, 2.24) is 5.32 Å². The summed E-state index contributed by atoms with van der Waals surface area (Å²) in [5.41, 5.74) is 0.0733. The van der Waals surface area contributed by atoms with Crippen LogP contribution in [-0.4, -0.2) is 24.0 Å². The number of ether oxygens (including phenoxy) is 1. The molecule has 0 aliphatic heterocycles. The fourth-order valence-electron chi connectivity index (χ4n) is 3.34. The first-order valence-electron chi connectivity index (χ1n) is 9.36. The number of benzene rings is 1. The van der Waals surface area contributed by atoms with E-state index < -0.39 is 24.0 Å². The highest BCUT2D eigenvalue weighted by atomic mass is 16.5. The van der Waals surface area contributed by atoms with E-state index in [1.165, 1.54) is 0 Å². The largest absolute Gasteiger partial charge is 0.467 e. The lowest BCUT2D eigenvalue weighted by Crippen LogP contribution is -2.50. The van der Waals surface area contributed by atoms with Gasteiger partial charge < -0.3 is 19.8 Å². The Morgan fingerprint density at radius 1 is 1.14 bits per heavy atom. The maximum Gasteiger partial charge on any atom is 0.340 e. The number of carbonyl (C=O) groups is 2. The SMILES string of the molecule is N#CC1(NC(=O)COC(=O)c2ccccc2NCc2ccco2)CCCCC1. The highest BCUT2D eigenvalue weighted by molar-refractivity contribution is 5.96. The van der Waals surface area contributed by atoms with Gasteiger partial charge in [0.1, 0.15) is 11.3 Å². The summed E-state index contributed by atoms with van der Waals surface area (Å²) in [4.78, 5) is 24.7. The number of esters is 1. The van der Waals surface area contributed by atoms with Crippen molar-refractivity contribution < 1.29 is 18.7 Å². The number of furan rings is 1. The van der Waals surface area contributed by atoms with Crippen molar-refractivity contribution in [3.63, 3.8) is 0 Å². The number of carbonyl (C=O) groups excluding carboxylic acids is 2. The molecule has 1 heterocycles. The average molecular weight is 381 g/mol. The van der Waals surface area contributed by atoms with Gasteiger partial charge in [0.05, 0.1) is 24.4 Å². The van der Waals surface area contributed by atoms with Gasteiger partial charge in [-0.25, -0.2) is 4.79 Å². The second kappa shape index (κ2) is 9.09. The predicted octanol–water partition coefficient (Wildman–Crippen LogP) is 3.39. The minimum Gasteiger partial charge on any atom is -0.467 e. The molecule has 7 heteroatoms. The van der Waals surface area contributed by atoms with Gasteiger partial charge in [-0.15, -0.1) is 0 Å². The van der Waals surface area contributed by atoms with E-state index in [1.54, 1.807) is 36.6 Å².